The van der Waals surface area contributed by atoms with Gasteiger partial charge < -0.3 is 14.8 Å². The summed E-state index contributed by atoms with van der Waals surface area (Å²) in [6, 6.07) is 8.31. The zero-order valence-electron chi connectivity index (χ0n) is 11.2. The number of rotatable bonds is 7. The Hall–Kier alpha value is -1.55. The van der Waals surface area contributed by atoms with Gasteiger partial charge in [-0.2, -0.15) is 0 Å². The highest BCUT2D eigenvalue weighted by atomic mass is 16.5. The van der Waals surface area contributed by atoms with Crippen LogP contribution in [0.4, 0.5) is 0 Å². The van der Waals surface area contributed by atoms with Crippen LogP contribution in [-0.4, -0.2) is 25.7 Å². The van der Waals surface area contributed by atoms with Crippen LogP contribution in [0.2, 0.25) is 0 Å². The van der Waals surface area contributed by atoms with Crippen molar-refractivity contribution in [3.05, 3.63) is 29.8 Å². The van der Waals surface area contributed by atoms with Gasteiger partial charge in [0, 0.05) is 12.6 Å². The maximum absolute atomic E-state index is 10.9. The van der Waals surface area contributed by atoms with Crippen LogP contribution in [0.3, 0.4) is 0 Å². The van der Waals surface area contributed by atoms with Crippen LogP contribution in [0.5, 0.6) is 5.75 Å². The van der Waals surface area contributed by atoms with Gasteiger partial charge in [0.1, 0.15) is 5.75 Å². The molecule has 4 heteroatoms. The molecular weight excluding hydrogens is 230 g/mol. The first kappa shape index (κ1) is 14.5. The van der Waals surface area contributed by atoms with Crippen LogP contribution >= 0.6 is 0 Å². The number of methoxy groups -OCH3 is 1. The van der Waals surface area contributed by atoms with Crippen LogP contribution in [0.15, 0.2) is 24.3 Å². The van der Waals surface area contributed by atoms with Gasteiger partial charge in [-0.3, -0.25) is 4.79 Å². The number of esters is 1. The van der Waals surface area contributed by atoms with Crippen molar-refractivity contribution in [1.82, 2.24) is 5.32 Å². The summed E-state index contributed by atoms with van der Waals surface area (Å²) in [6.45, 7) is 5.37. The van der Waals surface area contributed by atoms with E-state index in [1.54, 1.807) is 0 Å². The molecule has 1 rings (SSSR count). The van der Waals surface area contributed by atoms with Crippen molar-refractivity contribution in [3.63, 3.8) is 0 Å². The SMILES string of the molecule is COC(=O)CCOc1cccc(CNC(C)C)c1. The van der Waals surface area contributed by atoms with E-state index in [4.69, 9.17) is 4.74 Å². The van der Waals surface area contributed by atoms with Gasteiger partial charge in [-0.25, -0.2) is 0 Å². The smallest absolute Gasteiger partial charge is 0.308 e. The van der Waals surface area contributed by atoms with E-state index in [1.165, 1.54) is 12.7 Å². The maximum Gasteiger partial charge on any atom is 0.308 e. The van der Waals surface area contributed by atoms with E-state index in [1.807, 2.05) is 24.3 Å². The fourth-order valence-corrected chi connectivity index (χ4v) is 1.42. The zero-order chi connectivity index (χ0) is 13.4. The highest BCUT2D eigenvalue weighted by Gasteiger charge is 2.02. The van der Waals surface area contributed by atoms with E-state index < -0.39 is 0 Å². The first-order chi connectivity index (χ1) is 8.61. The minimum Gasteiger partial charge on any atom is -0.493 e. The Kier molecular flexibility index (Phi) is 6.22. The van der Waals surface area contributed by atoms with Crippen LogP contribution in [0, 0.1) is 0 Å². The van der Waals surface area contributed by atoms with Gasteiger partial charge in [0.05, 0.1) is 20.1 Å². The van der Waals surface area contributed by atoms with Gasteiger partial charge in [-0.1, -0.05) is 26.0 Å². The lowest BCUT2D eigenvalue weighted by atomic mass is 10.2. The van der Waals surface area contributed by atoms with Gasteiger partial charge in [-0.05, 0) is 17.7 Å². The third kappa shape index (κ3) is 5.68. The van der Waals surface area contributed by atoms with Crippen molar-refractivity contribution in [2.45, 2.75) is 32.9 Å². The molecule has 0 bridgehead atoms. The summed E-state index contributed by atoms with van der Waals surface area (Å²) < 4.78 is 10.0. The molecule has 1 aromatic carbocycles. The summed E-state index contributed by atoms with van der Waals surface area (Å²) in [5.41, 5.74) is 1.17. The lowest BCUT2D eigenvalue weighted by molar-refractivity contribution is -0.141. The number of hydrogen-bond donors (Lipinski definition) is 1. The quantitative estimate of drug-likeness (QED) is 0.754. The second kappa shape index (κ2) is 7.71. The third-order valence-electron chi connectivity index (χ3n) is 2.42. The Morgan fingerprint density at radius 2 is 2.17 bits per heavy atom. The first-order valence-electron chi connectivity index (χ1n) is 6.13. The summed E-state index contributed by atoms with van der Waals surface area (Å²) in [7, 11) is 1.38. The molecule has 0 aliphatic heterocycles. The summed E-state index contributed by atoms with van der Waals surface area (Å²) in [5.74, 6) is 0.523. The van der Waals surface area contributed by atoms with E-state index in [0.29, 0.717) is 12.6 Å². The van der Waals surface area contributed by atoms with Crippen LogP contribution in [0.25, 0.3) is 0 Å². The van der Waals surface area contributed by atoms with E-state index in [0.717, 1.165) is 12.3 Å². The summed E-state index contributed by atoms with van der Waals surface area (Å²) in [5, 5.41) is 3.34. The van der Waals surface area contributed by atoms with Crippen molar-refractivity contribution >= 4 is 5.97 Å². The van der Waals surface area contributed by atoms with Crippen molar-refractivity contribution in [2.24, 2.45) is 0 Å². The second-order valence-corrected chi connectivity index (χ2v) is 4.36. The molecule has 0 spiro atoms. The van der Waals surface area contributed by atoms with E-state index >= 15 is 0 Å². The fraction of sp³-hybridized carbons (Fsp3) is 0.500. The maximum atomic E-state index is 10.9. The second-order valence-electron chi connectivity index (χ2n) is 4.36. The molecule has 0 fully saturated rings. The number of hydrogen-bond acceptors (Lipinski definition) is 4. The molecule has 0 saturated carbocycles. The Bertz CT molecular complexity index is 377. The molecule has 4 nitrogen and oxygen atoms in total. The molecule has 0 amide bonds. The number of nitrogens with one attached hydrogen (secondary N) is 1. The Balaban J connectivity index is 2.41. The molecule has 0 aliphatic rings. The normalized spacial score (nSPS) is 10.4. The molecule has 0 atom stereocenters. The van der Waals surface area contributed by atoms with E-state index in [9.17, 15) is 4.79 Å². The van der Waals surface area contributed by atoms with Crippen molar-refractivity contribution < 1.29 is 14.3 Å². The average molecular weight is 251 g/mol. The van der Waals surface area contributed by atoms with Crippen molar-refractivity contribution in [1.29, 1.82) is 0 Å². The number of benzene rings is 1. The topological polar surface area (TPSA) is 47.6 Å². The molecule has 100 valence electrons. The molecule has 1 aromatic rings. The van der Waals surface area contributed by atoms with Gasteiger partial charge in [0.15, 0.2) is 0 Å². The molecule has 18 heavy (non-hydrogen) atoms. The van der Waals surface area contributed by atoms with Crippen LogP contribution in [-0.2, 0) is 16.1 Å². The molecule has 0 heterocycles. The van der Waals surface area contributed by atoms with Crippen LogP contribution in [0.1, 0.15) is 25.8 Å². The Labute approximate surface area is 108 Å². The third-order valence-corrected chi connectivity index (χ3v) is 2.42. The molecule has 0 aromatic heterocycles. The predicted octanol–water partition coefficient (Wildman–Crippen LogP) is 2.13. The van der Waals surface area contributed by atoms with Crippen LogP contribution < -0.4 is 10.1 Å². The van der Waals surface area contributed by atoms with E-state index in [2.05, 4.69) is 23.9 Å². The monoisotopic (exact) mass is 251 g/mol. The summed E-state index contributed by atoms with van der Waals surface area (Å²) >= 11 is 0. The lowest BCUT2D eigenvalue weighted by Gasteiger charge is -2.10. The molecule has 1 N–H and O–H groups in total. The van der Waals surface area contributed by atoms with Gasteiger partial charge in [-0.15, -0.1) is 0 Å². The molecule has 0 unspecified atom stereocenters. The number of ether oxygens (including phenoxy) is 2. The van der Waals surface area contributed by atoms with Gasteiger partial charge in [0.25, 0.3) is 0 Å². The lowest BCUT2D eigenvalue weighted by Crippen LogP contribution is -2.21. The minimum atomic E-state index is -0.257. The van der Waals surface area contributed by atoms with Gasteiger partial charge in [0.2, 0.25) is 0 Å². The largest absolute Gasteiger partial charge is 0.493 e. The Morgan fingerprint density at radius 3 is 2.83 bits per heavy atom. The highest BCUT2D eigenvalue weighted by molar-refractivity contribution is 5.69. The number of carbonyl (C=O) groups excluding carboxylic acids is 1. The zero-order valence-corrected chi connectivity index (χ0v) is 11.2. The average Bonchev–Trinajstić information content (AvgIpc) is 2.36. The first-order valence-corrected chi connectivity index (χ1v) is 6.13. The molecule has 0 aliphatic carbocycles. The molecular formula is C14H21NO3. The van der Waals surface area contributed by atoms with E-state index in [-0.39, 0.29) is 12.4 Å². The summed E-state index contributed by atoms with van der Waals surface area (Å²) in [4.78, 5) is 10.9. The van der Waals surface area contributed by atoms with Crippen molar-refractivity contribution in [2.75, 3.05) is 13.7 Å². The van der Waals surface area contributed by atoms with Crippen molar-refractivity contribution in [3.8, 4) is 5.75 Å². The molecule has 0 radical (unpaired) electrons. The highest BCUT2D eigenvalue weighted by Crippen LogP contribution is 2.13. The Morgan fingerprint density at radius 1 is 1.39 bits per heavy atom. The number of carbonyl (C=O) groups is 1. The van der Waals surface area contributed by atoms with Gasteiger partial charge >= 0.3 is 5.97 Å². The minimum absolute atomic E-state index is 0.257. The molecule has 0 saturated heterocycles. The summed E-state index contributed by atoms with van der Waals surface area (Å²) in [6.07, 6.45) is 0.269. The predicted molar refractivity (Wildman–Crippen MR) is 70.5 cm³/mol. The fourth-order valence-electron chi connectivity index (χ4n) is 1.42. The standard InChI is InChI=1S/C14H21NO3/c1-11(2)15-10-12-5-4-6-13(9-12)18-8-7-14(16)17-3/h4-6,9,11,15H,7-8,10H2,1-3H3.